The van der Waals surface area contributed by atoms with Crippen LogP contribution >= 0.6 is 0 Å². The zero-order valence-electron chi connectivity index (χ0n) is 15.8. The third kappa shape index (κ3) is 3.65. The minimum atomic E-state index is -0.0715. The molecule has 1 saturated carbocycles. The maximum absolute atomic E-state index is 12.7. The largest absolute Gasteiger partial charge is 0.491 e. The average Bonchev–Trinajstić information content (AvgIpc) is 3.46. The van der Waals surface area contributed by atoms with Crippen molar-refractivity contribution in [1.29, 1.82) is 0 Å². The summed E-state index contributed by atoms with van der Waals surface area (Å²) in [7, 11) is 1.78. The molecule has 0 bridgehead atoms. The van der Waals surface area contributed by atoms with Crippen LogP contribution in [0.4, 0.5) is 0 Å². The molecule has 0 spiro atoms. The molecule has 0 radical (unpaired) electrons. The predicted octanol–water partition coefficient (Wildman–Crippen LogP) is 3.48. The Labute approximate surface area is 158 Å². The molecule has 0 atom stereocenters. The molecule has 0 saturated heterocycles. The van der Waals surface area contributed by atoms with Gasteiger partial charge in [-0.05, 0) is 37.0 Å². The molecule has 1 aliphatic rings. The molecule has 2 heterocycles. The number of pyridine rings is 1. The Morgan fingerprint density at radius 2 is 2.11 bits per heavy atom. The first kappa shape index (κ1) is 17.5. The van der Waals surface area contributed by atoms with Gasteiger partial charge in [0.1, 0.15) is 17.9 Å². The fourth-order valence-corrected chi connectivity index (χ4v) is 3.21. The maximum Gasteiger partial charge on any atom is 0.255 e. The lowest BCUT2D eigenvalue weighted by atomic mass is 10.1. The molecule has 27 heavy (non-hydrogen) atoms. The van der Waals surface area contributed by atoms with Gasteiger partial charge in [0.2, 0.25) is 0 Å². The van der Waals surface area contributed by atoms with Crippen LogP contribution in [0.2, 0.25) is 0 Å². The van der Waals surface area contributed by atoms with Crippen molar-refractivity contribution in [2.24, 2.45) is 0 Å². The summed E-state index contributed by atoms with van der Waals surface area (Å²) in [5.74, 6) is 0.812. The number of aryl methyl sites for hydroxylation is 1. The molecule has 4 rings (SSSR count). The first-order valence-corrected chi connectivity index (χ1v) is 9.46. The monoisotopic (exact) mass is 364 g/mol. The van der Waals surface area contributed by atoms with E-state index < -0.39 is 0 Å². The van der Waals surface area contributed by atoms with Crippen molar-refractivity contribution in [2.45, 2.75) is 32.2 Å². The summed E-state index contributed by atoms with van der Waals surface area (Å²) in [6.45, 7) is 3.06. The van der Waals surface area contributed by atoms with Gasteiger partial charge in [0, 0.05) is 19.3 Å². The Morgan fingerprint density at radius 3 is 2.89 bits per heavy atom. The summed E-state index contributed by atoms with van der Waals surface area (Å²) in [5.41, 5.74) is 3.36. The molecular formula is C21H24N4O2. The first-order chi connectivity index (χ1) is 13.2. The number of carbonyl (C=O) groups is 1. The lowest BCUT2D eigenvalue weighted by molar-refractivity contribution is 0.0773. The number of carbonyl (C=O) groups excluding carboxylic acids is 1. The van der Waals surface area contributed by atoms with E-state index in [1.54, 1.807) is 18.1 Å². The summed E-state index contributed by atoms with van der Waals surface area (Å²) in [4.78, 5) is 23.3. The molecule has 1 fully saturated rings. The van der Waals surface area contributed by atoms with Crippen LogP contribution < -0.4 is 4.74 Å². The SMILES string of the molecule is CCc1ccccc1OCCN(C)C(=O)c1cnc2c(c1)ncn2C1CC1. The highest BCUT2D eigenvalue weighted by Crippen LogP contribution is 2.36. The van der Waals surface area contributed by atoms with Crippen molar-refractivity contribution in [3.63, 3.8) is 0 Å². The summed E-state index contributed by atoms with van der Waals surface area (Å²) in [6, 6.07) is 10.4. The van der Waals surface area contributed by atoms with Gasteiger partial charge in [0.05, 0.1) is 18.4 Å². The Balaban J connectivity index is 1.39. The van der Waals surface area contributed by atoms with E-state index in [1.807, 2.05) is 30.6 Å². The number of amides is 1. The number of benzene rings is 1. The third-order valence-corrected chi connectivity index (χ3v) is 4.98. The molecule has 3 aromatic rings. The van der Waals surface area contributed by atoms with Crippen molar-refractivity contribution in [2.75, 3.05) is 20.2 Å². The van der Waals surface area contributed by atoms with Gasteiger partial charge in [-0.2, -0.15) is 0 Å². The molecule has 1 aromatic carbocycles. The fraction of sp³-hybridized carbons (Fsp3) is 0.381. The molecule has 6 heteroatoms. The third-order valence-electron chi connectivity index (χ3n) is 4.98. The molecule has 2 aromatic heterocycles. The lowest BCUT2D eigenvalue weighted by Gasteiger charge is -2.18. The van der Waals surface area contributed by atoms with E-state index >= 15 is 0 Å². The second-order valence-corrected chi connectivity index (χ2v) is 6.99. The summed E-state index contributed by atoms with van der Waals surface area (Å²) in [5, 5.41) is 0. The highest BCUT2D eigenvalue weighted by Gasteiger charge is 2.26. The zero-order valence-corrected chi connectivity index (χ0v) is 15.8. The van der Waals surface area contributed by atoms with Gasteiger partial charge in [0.25, 0.3) is 5.91 Å². The molecule has 6 nitrogen and oxygen atoms in total. The van der Waals surface area contributed by atoms with Crippen molar-refractivity contribution in [3.05, 3.63) is 54.0 Å². The van der Waals surface area contributed by atoms with E-state index in [4.69, 9.17) is 4.74 Å². The van der Waals surface area contributed by atoms with Crippen molar-refractivity contribution in [1.82, 2.24) is 19.4 Å². The number of imidazole rings is 1. The predicted molar refractivity (Wildman–Crippen MR) is 104 cm³/mol. The van der Waals surface area contributed by atoms with Crippen LogP contribution in [-0.4, -0.2) is 45.5 Å². The lowest BCUT2D eigenvalue weighted by Crippen LogP contribution is -2.31. The molecule has 1 aliphatic carbocycles. The van der Waals surface area contributed by atoms with Gasteiger partial charge in [-0.25, -0.2) is 9.97 Å². The Hall–Kier alpha value is -2.89. The van der Waals surface area contributed by atoms with E-state index in [2.05, 4.69) is 27.5 Å². The topological polar surface area (TPSA) is 60.2 Å². The van der Waals surface area contributed by atoms with Crippen LogP contribution in [0.1, 0.15) is 41.7 Å². The number of para-hydroxylation sites is 1. The van der Waals surface area contributed by atoms with Crippen LogP contribution in [0.25, 0.3) is 11.2 Å². The number of hydrogen-bond donors (Lipinski definition) is 0. The fourth-order valence-electron chi connectivity index (χ4n) is 3.21. The number of rotatable bonds is 7. The summed E-state index contributed by atoms with van der Waals surface area (Å²) < 4.78 is 7.97. The number of likely N-dealkylation sites (N-methyl/N-ethyl adjacent to an activating group) is 1. The highest BCUT2D eigenvalue weighted by atomic mass is 16.5. The number of hydrogen-bond acceptors (Lipinski definition) is 4. The minimum absolute atomic E-state index is 0.0715. The number of fused-ring (bicyclic) bond motifs is 1. The molecule has 140 valence electrons. The minimum Gasteiger partial charge on any atom is -0.491 e. The Kier molecular flexibility index (Phi) is 4.79. The van der Waals surface area contributed by atoms with E-state index in [1.165, 1.54) is 18.4 Å². The molecule has 0 N–H and O–H groups in total. The average molecular weight is 364 g/mol. The number of nitrogens with zero attached hydrogens (tertiary/aromatic N) is 4. The standard InChI is InChI=1S/C21H24N4O2/c1-3-15-6-4-5-7-19(15)27-11-10-24(2)21(26)16-12-18-20(22-13-16)25(14-23-18)17-8-9-17/h4-7,12-14,17H,3,8-11H2,1-2H3. The molecule has 0 unspecified atom stereocenters. The van der Waals surface area contributed by atoms with Crippen LogP contribution in [0.3, 0.4) is 0 Å². The second-order valence-electron chi connectivity index (χ2n) is 6.99. The first-order valence-electron chi connectivity index (χ1n) is 9.46. The second kappa shape index (κ2) is 7.39. The van der Waals surface area contributed by atoms with Gasteiger partial charge in [-0.1, -0.05) is 25.1 Å². The smallest absolute Gasteiger partial charge is 0.255 e. The van der Waals surface area contributed by atoms with Crippen LogP contribution in [0.15, 0.2) is 42.9 Å². The van der Waals surface area contributed by atoms with Crippen LogP contribution in [-0.2, 0) is 6.42 Å². The van der Waals surface area contributed by atoms with E-state index in [9.17, 15) is 4.79 Å². The van der Waals surface area contributed by atoms with Gasteiger partial charge in [-0.3, -0.25) is 4.79 Å². The van der Waals surface area contributed by atoms with E-state index in [0.717, 1.165) is 23.3 Å². The Morgan fingerprint density at radius 1 is 1.30 bits per heavy atom. The van der Waals surface area contributed by atoms with Gasteiger partial charge >= 0.3 is 0 Å². The quantitative estimate of drug-likeness (QED) is 0.644. The van der Waals surface area contributed by atoms with Crippen LogP contribution in [0.5, 0.6) is 5.75 Å². The van der Waals surface area contributed by atoms with Gasteiger partial charge < -0.3 is 14.2 Å². The summed E-state index contributed by atoms with van der Waals surface area (Å²) in [6.07, 6.45) is 6.75. The molecular weight excluding hydrogens is 340 g/mol. The van der Waals surface area contributed by atoms with Gasteiger partial charge in [-0.15, -0.1) is 0 Å². The normalized spacial score (nSPS) is 13.7. The van der Waals surface area contributed by atoms with Crippen LogP contribution in [0, 0.1) is 0 Å². The molecule has 0 aliphatic heterocycles. The molecule has 1 amide bonds. The number of ether oxygens (including phenoxy) is 1. The van der Waals surface area contributed by atoms with Gasteiger partial charge in [0.15, 0.2) is 5.65 Å². The maximum atomic E-state index is 12.7. The number of aromatic nitrogens is 3. The van der Waals surface area contributed by atoms with Crippen molar-refractivity contribution < 1.29 is 9.53 Å². The van der Waals surface area contributed by atoms with E-state index in [0.29, 0.717) is 24.8 Å². The summed E-state index contributed by atoms with van der Waals surface area (Å²) >= 11 is 0. The van der Waals surface area contributed by atoms with E-state index in [-0.39, 0.29) is 5.91 Å². The van der Waals surface area contributed by atoms with Crippen molar-refractivity contribution >= 4 is 17.1 Å². The zero-order chi connectivity index (χ0) is 18.8. The highest BCUT2D eigenvalue weighted by molar-refractivity contribution is 5.96. The Bertz CT molecular complexity index is 962. The van der Waals surface area contributed by atoms with Crippen molar-refractivity contribution in [3.8, 4) is 5.75 Å².